The van der Waals surface area contributed by atoms with E-state index in [1.54, 1.807) is 4.90 Å². The molecule has 2 aliphatic heterocycles. The normalized spacial score (nSPS) is 20.8. The van der Waals surface area contributed by atoms with Crippen molar-refractivity contribution in [1.29, 1.82) is 0 Å². The van der Waals surface area contributed by atoms with Crippen LogP contribution in [0.15, 0.2) is 54.6 Å². The molecule has 0 radical (unpaired) electrons. The van der Waals surface area contributed by atoms with E-state index in [9.17, 15) is 4.79 Å². The summed E-state index contributed by atoms with van der Waals surface area (Å²) in [6.45, 7) is 4.79. The number of carbonyl (C=O) groups is 1. The van der Waals surface area contributed by atoms with E-state index in [4.69, 9.17) is 4.74 Å². The Kier molecular flexibility index (Phi) is 4.22. The van der Waals surface area contributed by atoms with Crippen molar-refractivity contribution in [3.8, 4) is 0 Å². The molecule has 0 saturated carbocycles. The molecule has 1 fully saturated rings. The summed E-state index contributed by atoms with van der Waals surface area (Å²) in [5.74, 6) is 0.390. The molecule has 2 heterocycles. The fraction of sp³-hybridized carbons (Fsp3) is 0.350. The molecule has 0 N–H and O–H groups in total. The van der Waals surface area contributed by atoms with Crippen molar-refractivity contribution in [3.05, 3.63) is 71.3 Å². The summed E-state index contributed by atoms with van der Waals surface area (Å²) < 4.78 is 5.02. The second-order valence-corrected chi connectivity index (χ2v) is 6.50. The number of benzene rings is 2. The van der Waals surface area contributed by atoms with Crippen LogP contribution >= 0.6 is 0 Å². The van der Waals surface area contributed by atoms with E-state index in [1.807, 2.05) is 0 Å². The first-order valence-corrected chi connectivity index (χ1v) is 8.58. The lowest BCUT2D eigenvalue weighted by atomic mass is 9.85. The van der Waals surface area contributed by atoms with Gasteiger partial charge >= 0.3 is 6.09 Å². The van der Waals surface area contributed by atoms with Crippen molar-refractivity contribution in [3.63, 3.8) is 0 Å². The lowest BCUT2D eigenvalue weighted by molar-refractivity contribution is 0.151. The van der Waals surface area contributed by atoms with Gasteiger partial charge in [-0.1, -0.05) is 54.6 Å². The molecule has 0 bridgehead atoms. The summed E-state index contributed by atoms with van der Waals surface area (Å²) in [5, 5.41) is 0. The fourth-order valence-corrected chi connectivity index (χ4v) is 3.71. The molecule has 4 nitrogen and oxygen atoms in total. The number of ether oxygens (including phenoxy) is 1. The molecule has 2 aliphatic rings. The first-order valence-electron chi connectivity index (χ1n) is 8.58. The Bertz CT molecular complexity index is 717. The first kappa shape index (κ1) is 15.2. The van der Waals surface area contributed by atoms with Crippen LogP contribution in [0.4, 0.5) is 4.79 Å². The van der Waals surface area contributed by atoms with Gasteiger partial charge in [-0.2, -0.15) is 0 Å². The molecule has 4 rings (SSSR count). The van der Waals surface area contributed by atoms with Crippen molar-refractivity contribution in [1.82, 2.24) is 9.80 Å². The molecule has 1 amide bonds. The minimum absolute atomic E-state index is 0.174. The molecule has 24 heavy (non-hydrogen) atoms. The Morgan fingerprint density at radius 1 is 1.00 bits per heavy atom. The van der Waals surface area contributed by atoms with E-state index in [0.717, 1.165) is 26.2 Å². The van der Waals surface area contributed by atoms with Crippen LogP contribution in [0.1, 0.15) is 22.6 Å². The highest BCUT2D eigenvalue weighted by molar-refractivity contribution is 5.69. The highest BCUT2D eigenvalue weighted by atomic mass is 16.6. The Morgan fingerprint density at radius 3 is 2.58 bits per heavy atom. The molecule has 0 aliphatic carbocycles. The van der Waals surface area contributed by atoms with Crippen LogP contribution in [0.3, 0.4) is 0 Å². The van der Waals surface area contributed by atoms with Crippen molar-refractivity contribution >= 4 is 6.09 Å². The third-order valence-corrected chi connectivity index (χ3v) is 5.00. The first-order chi connectivity index (χ1) is 11.8. The molecule has 0 spiro atoms. The number of fused-ring (bicyclic) bond motifs is 1. The lowest BCUT2D eigenvalue weighted by Gasteiger charge is -2.35. The van der Waals surface area contributed by atoms with E-state index in [1.165, 1.54) is 16.7 Å². The lowest BCUT2D eigenvalue weighted by Crippen LogP contribution is -2.40. The van der Waals surface area contributed by atoms with Gasteiger partial charge in [0.15, 0.2) is 0 Å². The predicted molar refractivity (Wildman–Crippen MR) is 92.9 cm³/mol. The smallest absolute Gasteiger partial charge is 0.409 e. The molecule has 0 unspecified atom stereocenters. The zero-order chi connectivity index (χ0) is 16.4. The highest BCUT2D eigenvalue weighted by Crippen LogP contribution is 2.33. The minimum Gasteiger partial charge on any atom is -0.448 e. The van der Waals surface area contributed by atoms with Gasteiger partial charge in [0, 0.05) is 32.1 Å². The van der Waals surface area contributed by atoms with Crippen LogP contribution in [0, 0.1) is 0 Å². The Labute approximate surface area is 142 Å². The average molecular weight is 322 g/mol. The number of hydrogen-bond donors (Lipinski definition) is 0. The molecule has 124 valence electrons. The Hall–Kier alpha value is -2.33. The van der Waals surface area contributed by atoms with Crippen molar-refractivity contribution in [2.75, 3.05) is 32.8 Å². The van der Waals surface area contributed by atoms with Crippen LogP contribution < -0.4 is 0 Å². The third-order valence-electron chi connectivity index (χ3n) is 5.00. The topological polar surface area (TPSA) is 32.8 Å². The standard InChI is InChI=1S/C20H22N2O2/c23-20-22(12-13-24-20)11-10-21-14-17-8-4-5-9-18(17)19(15-21)16-6-2-1-3-7-16/h1-9,19H,10-15H2/t19-/m0/s1. The monoisotopic (exact) mass is 322 g/mol. The van der Waals surface area contributed by atoms with E-state index >= 15 is 0 Å². The molecular weight excluding hydrogens is 300 g/mol. The van der Waals surface area contributed by atoms with Gasteiger partial charge in [-0.25, -0.2) is 4.79 Å². The van der Waals surface area contributed by atoms with Crippen LogP contribution in [0.2, 0.25) is 0 Å². The van der Waals surface area contributed by atoms with Crippen molar-refractivity contribution in [2.24, 2.45) is 0 Å². The SMILES string of the molecule is O=C1OCCN1CCN1Cc2ccccc2[C@H](c2ccccc2)C1. The minimum atomic E-state index is -0.174. The zero-order valence-corrected chi connectivity index (χ0v) is 13.7. The Morgan fingerprint density at radius 2 is 1.79 bits per heavy atom. The number of rotatable bonds is 4. The van der Waals surface area contributed by atoms with E-state index in [2.05, 4.69) is 59.5 Å². The summed E-state index contributed by atoms with van der Waals surface area (Å²) in [6, 6.07) is 19.4. The Balaban J connectivity index is 1.53. The summed E-state index contributed by atoms with van der Waals surface area (Å²) in [7, 11) is 0. The molecular formula is C20H22N2O2. The summed E-state index contributed by atoms with van der Waals surface area (Å²) in [4.78, 5) is 15.9. The summed E-state index contributed by atoms with van der Waals surface area (Å²) >= 11 is 0. The third kappa shape index (κ3) is 3.02. The van der Waals surface area contributed by atoms with Crippen molar-refractivity contribution in [2.45, 2.75) is 12.5 Å². The van der Waals surface area contributed by atoms with Gasteiger partial charge in [-0.05, 0) is 16.7 Å². The number of cyclic esters (lactones) is 1. The number of carbonyl (C=O) groups excluding carboxylic acids is 1. The van der Waals surface area contributed by atoms with Gasteiger partial charge in [0.1, 0.15) is 6.61 Å². The second kappa shape index (κ2) is 6.65. The van der Waals surface area contributed by atoms with Crippen LogP contribution in [-0.2, 0) is 11.3 Å². The van der Waals surface area contributed by atoms with Crippen molar-refractivity contribution < 1.29 is 9.53 Å². The van der Waals surface area contributed by atoms with Gasteiger partial charge in [-0.3, -0.25) is 4.90 Å². The van der Waals surface area contributed by atoms with Gasteiger partial charge < -0.3 is 9.64 Å². The van der Waals surface area contributed by atoms with Gasteiger partial charge in [0.25, 0.3) is 0 Å². The van der Waals surface area contributed by atoms with Crippen LogP contribution in [0.25, 0.3) is 0 Å². The molecule has 0 aromatic heterocycles. The van der Waals surface area contributed by atoms with E-state index < -0.39 is 0 Å². The predicted octanol–water partition coefficient (Wildman–Crippen LogP) is 3.09. The summed E-state index contributed by atoms with van der Waals surface area (Å²) in [5.41, 5.74) is 4.18. The van der Waals surface area contributed by atoms with Crippen LogP contribution in [0.5, 0.6) is 0 Å². The van der Waals surface area contributed by atoms with E-state index in [0.29, 0.717) is 19.1 Å². The number of amides is 1. The molecule has 1 saturated heterocycles. The molecule has 4 heteroatoms. The van der Waals surface area contributed by atoms with E-state index in [-0.39, 0.29) is 6.09 Å². The van der Waals surface area contributed by atoms with Gasteiger partial charge in [-0.15, -0.1) is 0 Å². The second-order valence-electron chi connectivity index (χ2n) is 6.50. The maximum atomic E-state index is 11.6. The zero-order valence-electron chi connectivity index (χ0n) is 13.7. The molecule has 2 aromatic carbocycles. The van der Waals surface area contributed by atoms with Gasteiger partial charge in [0.05, 0.1) is 6.54 Å². The maximum absolute atomic E-state index is 11.6. The summed E-state index contributed by atoms with van der Waals surface area (Å²) in [6.07, 6.45) is -0.174. The maximum Gasteiger partial charge on any atom is 0.409 e. The number of hydrogen-bond acceptors (Lipinski definition) is 3. The highest BCUT2D eigenvalue weighted by Gasteiger charge is 2.28. The quantitative estimate of drug-likeness (QED) is 0.867. The average Bonchev–Trinajstić information content (AvgIpc) is 3.05. The largest absolute Gasteiger partial charge is 0.448 e. The van der Waals surface area contributed by atoms with Gasteiger partial charge in [0.2, 0.25) is 0 Å². The molecule has 1 atom stereocenters. The number of nitrogens with zero attached hydrogens (tertiary/aromatic N) is 2. The van der Waals surface area contributed by atoms with Crippen LogP contribution in [-0.4, -0.2) is 48.7 Å². The molecule has 2 aromatic rings. The fourth-order valence-electron chi connectivity index (χ4n) is 3.71.